The van der Waals surface area contributed by atoms with Gasteiger partial charge in [-0.2, -0.15) is 0 Å². The van der Waals surface area contributed by atoms with Crippen LogP contribution in [0, 0.1) is 6.92 Å². The van der Waals surface area contributed by atoms with E-state index >= 15 is 0 Å². The van der Waals surface area contributed by atoms with Crippen molar-refractivity contribution in [3.05, 3.63) is 70.9 Å². The Morgan fingerprint density at radius 2 is 2.00 bits per heavy atom. The maximum Gasteiger partial charge on any atom is 0.329 e. The Bertz CT molecular complexity index is 1100. The third-order valence-electron chi connectivity index (χ3n) is 6.09. The zero-order valence-electron chi connectivity index (χ0n) is 18.3. The molecule has 2 atom stereocenters. The molecule has 3 aromatic rings. The van der Waals surface area contributed by atoms with Gasteiger partial charge >= 0.3 is 12.0 Å². The lowest BCUT2D eigenvalue weighted by Gasteiger charge is -2.32. The molecule has 0 bridgehead atoms. The maximum absolute atomic E-state index is 13.1. The number of urea groups is 1. The molecule has 0 fully saturated rings. The van der Waals surface area contributed by atoms with Crippen molar-refractivity contribution < 1.29 is 14.3 Å². The lowest BCUT2D eigenvalue weighted by molar-refractivity contribution is -0.145. The number of nitrogens with one attached hydrogen (secondary N) is 2. The first-order valence-electron chi connectivity index (χ1n) is 10.8. The first-order chi connectivity index (χ1) is 15.0. The summed E-state index contributed by atoms with van der Waals surface area (Å²) in [7, 11) is 0. The molecule has 0 saturated carbocycles. The minimum atomic E-state index is -0.772. The first-order valence-corrected chi connectivity index (χ1v) is 10.8. The molecule has 31 heavy (non-hydrogen) atoms. The van der Waals surface area contributed by atoms with Gasteiger partial charge in [0.1, 0.15) is 6.04 Å². The Morgan fingerprint density at radius 3 is 2.81 bits per heavy atom. The van der Waals surface area contributed by atoms with Crippen molar-refractivity contribution in [1.29, 1.82) is 0 Å². The molecular formula is C25H29N3O3. The summed E-state index contributed by atoms with van der Waals surface area (Å²) < 4.78 is 5.31. The average molecular weight is 420 g/mol. The number of amides is 2. The molecule has 2 heterocycles. The fraction of sp³-hybridized carbons (Fsp3) is 0.360. The highest BCUT2D eigenvalue weighted by Crippen LogP contribution is 2.29. The standard InChI is InChI=1S/C25H29N3O3/c1-4-31-24(29)23(17(3)21-14-26-22-8-6-5-7-20(21)22)27-25(30)28-12-11-18-13-16(2)9-10-19(18)15-28/h5-10,13-14,17,23,26H,4,11-12,15H2,1-3H3,(H,27,30)/t17-,23+/m0/s1. The van der Waals surface area contributed by atoms with Crippen LogP contribution in [0.15, 0.2) is 48.7 Å². The number of ether oxygens (including phenoxy) is 1. The first kappa shape index (κ1) is 21.0. The second-order valence-corrected chi connectivity index (χ2v) is 8.20. The van der Waals surface area contributed by atoms with Gasteiger partial charge in [-0.15, -0.1) is 0 Å². The van der Waals surface area contributed by atoms with E-state index in [1.165, 1.54) is 11.1 Å². The fourth-order valence-corrected chi connectivity index (χ4v) is 4.35. The van der Waals surface area contributed by atoms with Crippen LogP contribution in [-0.4, -0.2) is 41.1 Å². The van der Waals surface area contributed by atoms with Gasteiger partial charge in [0.15, 0.2) is 0 Å². The van der Waals surface area contributed by atoms with Crippen LogP contribution in [0.25, 0.3) is 10.9 Å². The van der Waals surface area contributed by atoms with Gasteiger partial charge in [0.2, 0.25) is 0 Å². The number of aromatic amines is 1. The molecule has 0 radical (unpaired) electrons. The molecule has 4 rings (SSSR count). The molecule has 0 spiro atoms. The van der Waals surface area contributed by atoms with Crippen molar-refractivity contribution >= 4 is 22.9 Å². The third kappa shape index (κ3) is 4.29. The van der Waals surface area contributed by atoms with Crippen LogP contribution in [-0.2, 0) is 22.5 Å². The summed E-state index contributed by atoms with van der Waals surface area (Å²) in [6, 6.07) is 13.3. The molecule has 0 unspecified atom stereocenters. The van der Waals surface area contributed by atoms with E-state index in [2.05, 4.69) is 35.4 Å². The molecule has 6 nitrogen and oxygen atoms in total. The number of rotatable bonds is 5. The minimum Gasteiger partial charge on any atom is -0.464 e. The van der Waals surface area contributed by atoms with Crippen LogP contribution < -0.4 is 5.32 Å². The summed E-state index contributed by atoms with van der Waals surface area (Å²) in [4.78, 5) is 31.0. The number of fused-ring (bicyclic) bond motifs is 2. The van der Waals surface area contributed by atoms with Gasteiger partial charge in [0.25, 0.3) is 0 Å². The Morgan fingerprint density at radius 1 is 1.19 bits per heavy atom. The van der Waals surface area contributed by atoms with E-state index in [1.807, 2.05) is 37.4 Å². The van der Waals surface area contributed by atoms with Gasteiger partial charge in [-0.1, -0.05) is 48.9 Å². The number of aryl methyl sites for hydroxylation is 1. The number of carbonyl (C=O) groups excluding carboxylic acids is 2. The monoisotopic (exact) mass is 419 g/mol. The van der Waals surface area contributed by atoms with Gasteiger partial charge in [0.05, 0.1) is 6.61 Å². The number of hydrogen-bond acceptors (Lipinski definition) is 3. The smallest absolute Gasteiger partial charge is 0.329 e. The van der Waals surface area contributed by atoms with E-state index in [0.29, 0.717) is 13.1 Å². The zero-order chi connectivity index (χ0) is 22.0. The molecule has 1 aliphatic heterocycles. The van der Waals surface area contributed by atoms with Gasteiger partial charge in [-0.25, -0.2) is 9.59 Å². The van der Waals surface area contributed by atoms with Crippen LogP contribution >= 0.6 is 0 Å². The Kier molecular flexibility index (Phi) is 5.98. The molecule has 1 aromatic heterocycles. The summed E-state index contributed by atoms with van der Waals surface area (Å²) >= 11 is 0. The number of hydrogen-bond donors (Lipinski definition) is 2. The quantitative estimate of drug-likeness (QED) is 0.606. The zero-order valence-corrected chi connectivity index (χ0v) is 18.3. The number of carbonyl (C=O) groups is 2. The van der Waals surface area contributed by atoms with Gasteiger partial charge in [0, 0.05) is 36.1 Å². The highest BCUT2D eigenvalue weighted by molar-refractivity contribution is 5.88. The number of aromatic nitrogens is 1. The lowest BCUT2D eigenvalue weighted by atomic mass is 9.92. The van der Waals surface area contributed by atoms with E-state index in [-0.39, 0.29) is 18.6 Å². The van der Waals surface area contributed by atoms with Crippen LogP contribution in [0.1, 0.15) is 42.0 Å². The van der Waals surface area contributed by atoms with E-state index in [9.17, 15) is 9.59 Å². The second kappa shape index (κ2) is 8.84. The van der Waals surface area contributed by atoms with Crippen LogP contribution in [0.2, 0.25) is 0 Å². The number of esters is 1. The summed E-state index contributed by atoms with van der Waals surface area (Å²) in [5.41, 5.74) is 5.66. The van der Waals surface area contributed by atoms with Crippen molar-refractivity contribution in [2.75, 3.05) is 13.2 Å². The van der Waals surface area contributed by atoms with Crippen molar-refractivity contribution in [3.63, 3.8) is 0 Å². The van der Waals surface area contributed by atoms with E-state index in [4.69, 9.17) is 4.74 Å². The highest BCUT2D eigenvalue weighted by atomic mass is 16.5. The Labute approximate surface area is 182 Å². The van der Waals surface area contributed by atoms with Gasteiger partial charge in [-0.05, 0) is 43.0 Å². The predicted molar refractivity (Wildman–Crippen MR) is 121 cm³/mol. The summed E-state index contributed by atoms with van der Waals surface area (Å²) in [5, 5.41) is 4.01. The topological polar surface area (TPSA) is 74.4 Å². The summed E-state index contributed by atoms with van der Waals surface area (Å²) in [6.07, 6.45) is 2.72. The Balaban J connectivity index is 1.55. The summed E-state index contributed by atoms with van der Waals surface area (Å²) in [6.45, 7) is 7.23. The molecular weight excluding hydrogens is 390 g/mol. The largest absolute Gasteiger partial charge is 0.464 e. The van der Waals surface area contributed by atoms with E-state index < -0.39 is 12.0 Å². The van der Waals surface area contributed by atoms with Gasteiger partial charge in [-0.3, -0.25) is 0 Å². The molecule has 6 heteroatoms. The van der Waals surface area contributed by atoms with Crippen molar-refractivity contribution in [3.8, 4) is 0 Å². The van der Waals surface area contributed by atoms with Crippen molar-refractivity contribution in [2.24, 2.45) is 0 Å². The lowest BCUT2D eigenvalue weighted by Crippen LogP contribution is -2.51. The normalized spacial score (nSPS) is 15.3. The van der Waals surface area contributed by atoms with E-state index in [0.717, 1.165) is 28.5 Å². The summed E-state index contributed by atoms with van der Waals surface area (Å²) in [5.74, 6) is -0.666. The van der Waals surface area contributed by atoms with Crippen LogP contribution in [0.4, 0.5) is 4.79 Å². The van der Waals surface area contributed by atoms with Crippen molar-refractivity contribution in [1.82, 2.24) is 15.2 Å². The third-order valence-corrected chi connectivity index (χ3v) is 6.09. The number of H-pyrrole nitrogens is 1. The SMILES string of the molecule is CCOC(=O)[C@H](NC(=O)N1CCc2cc(C)ccc2C1)[C@@H](C)c1c[nH]c2ccccc12. The molecule has 162 valence electrons. The highest BCUT2D eigenvalue weighted by Gasteiger charge is 2.32. The molecule has 2 aromatic carbocycles. The number of nitrogens with zero attached hydrogens (tertiary/aromatic N) is 1. The predicted octanol–water partition coefficient (Wildman–Crippen LogP) is 4.28. The van der Waals surface area contributed by atoms with Crippen molar-refractivity contribution in [2.45, 2.75) is 45.7 Å². The fourth-order valence-electron chi connectivity index (χ4n) is 4.35. The van der Waals surface area contributed by atoms with Gasteiger partial charge < -0.3 is 19.9 Å². The minimum absolute atomic E-state index is 0.240. The average Bonchev–Trinajstić information content (AvgIpc) is 3.20. The molecule has 0 saturated heterocycles. The molecule has 1 aliphatic rings. The molecule has 2 N–H and O–H groups in total. The van der Waals surface area contributed by atoms with Crippen LogP contribution in [0.5, 0.6) is 0 Å². The van der Waals surface area contributed by atoms with Crippen LogP contribution in [0.3, 0.4) is 0 Å². The number of benzene rings is 2. The molecule has 0 aliphatic carbocycles. The Hall–Kier alpha value is -3.28. The van der Waals surface area contributed by atoms with E-state index in [1.54, 1.807) is 11.8 Å². The second-order valence-electron chi connectivity index (χ2n) is 8.20. The number of para-hydroxylation sites is 1. The molecule has 2 amide bonds. The maximum atomic E-state index is 13.1.